The zero-order chi connectivity index (χ0) is 14.2. The van der Waals surface area contributed by atoms with E-state index in [-0.39, 0.29) is 5.91 Å². The minimum absolute atomic E-state index is 0.0302. The molecule has 0 bridgehead atoms. The highest BCUT2D eigenvalue weighted by Gasteiger charge is 2.51. The Morgan fingerprint density at radius 1 is 1.63 bits per heavy atom. The number of nitrogens with zero attached hydrogens (tertiary/aromatic N) is 1. The summed E-state index contributed by atoms with van der Waals surface area (Å²) >= 11 is 12.5. The molecule has 1 aromatic heterocycles. The zero-order valence-electron chi connectivity index (χ0n) is 11.0. The van der Waals surface area contributed by atoms with Crippen molar-refractivity contribution in [2.75, 3.05) is 7.05 Å². The summed E-state index contributed by atoms with van der Waals surface area (Å²) < 4.78 is 0.733. The van der Waals surface area contributed by atoms with Crippen molar-refractivity contribution in [3.63, 3.8) is 0 Å². The summed E-state index contributed by atoms with van der Waals surface area (Å²) in [6.45, 7) is 2.66. The molecule has 2 rings (SSSR count). The second-order valence-electron chi connectivity index (χ2n) is 5.33. The monoisotopic (exact) mass is 316 g/mol. The van der Waals surface area contributed by atoms with Crippen LogP contribution in [0.1, 0.15) is 24.6 Å². The standard InChI is InChI=1S/C13H17ClN2OS2/c1-8-5-13(6-8,11(15)18)12(17)16(2)7-9-3-4-10(14)19-9/h3-4,8H,5-7H2,1-2H3,(H2,15,18). The van der Waals surface area contributed by atoms with Crippen LogP contribution in [-0.4, -0.2) is 22.8 Å². The van der Waals surface area contributed by atoms with Gasteiger partial charge in [-0.1, -0.05) is 30.7 Å². The highest BCUT2D eigenvalue weighted by atomic mass is 35.5. The Labute approximate surface area is 127 Å². The third-order valence-corrected chi connectivity index (χ3v) is 5.25. The molecule has 0 saturated heterocycles. The molecular formula is C13H17ClN2OS2. The van der Waals surface area contributed by atoms with Crippen LogP contribution in [0.15, 0.2) is 12.1 Å². The number of halogens is 1. The topological polar surface area (TPSA) is 46.3 Å². The van der Waals surface area contributed by atoms with Crippen molar-refractivity contribution in [2.24, 2.45) is 17.1 Å². The number of rotatable bonds is 4. The van der Waals surface area contributed by atoms with Gasteiger partial charge in [0.2, 0.25) is 5.91 Å². The molecule has 0 aliphatic heterocycles. The first-order chi connectivity index (χ1) is 8.85. The van der Waals surface area contributed by atoms with Gasteiger partial charge in [-0.05, 0) is 30.9 Å². The Balaban J connectivity index is 2.08. The minimum atomic E-state index is -0.620. The maximum atomic E-state index is 12.6. The van der Waals surface area contributed by atoms with E-state index in [4.69, 9.17) is 29.6 Å². The van der Waals surface area contributed by atoms with Crippen LogP contribution in [-0.2, 0) is 11.3 Å². The minimum Gasteiger partial charge on any atom is -0.392 e. The number of carbonyl (C=O) groups excluding carboxylic acids is 1. The molecule has 6 heteroatoms. The van der Waals surface area contributed by atoms with Gasteiger partial charge in [-0.3, -0.25) is 4.79 Å². The predicted octanol–water partition coefficient (Wildman–Crippen LogP) is 3.06. The van der Waals surface area contributed by atoms with Crippen molar-refractivity contribution in [3.8, 4) is 0 Å². The van der Waals surface area contributed by atoms with Crippen LogP contribution in [0.5, 0.6) is 0 Å². The molecule has 1 saturated carbocycles. The Morgan fingerprint density at radius 3 is 2.68 bits per heavy atom. The van der Waals surface area contributed by atoms with Crippen LogP contribution in [0.3, 0.4) is 0 Å². The Kier molecular flexibility index (Phi) is 4.18. The number of hydrogen-bond donors (Lipinski definition) is 1. The number of hydrogen-bond acceptors (Lipinski definition) is 3. The second-order valence-corrected chi connectivity index (χ2v) is 7.57. The Morgan fingerprint density at radius 2 is 2.26 bits per heavy atom. The van der Waals surface area contributed by atoms with E-state index in [2.05, 4.69) is 6.92 Å². The average Bonchev–Trinajstić information content (AvgIpc) is 2.68. The summed E-state index contributed by atoms with van der Waals surface area (Å²) in [5.41, 5.74) is 5.18. The predicted molar refractivity (Wildman–Crippen MR) is 83.4 cm³/mol. The smallest absolute Gasteiger partial charge is 0.235 e. The summed E-state index contributed by atoms with van der Waals surface area (Å²) in [7, 11) is 1.79. The maximum absolute atomic E-state index is 12.6. The summed E-state index contributed by atoms with van der Waals surface area (Å²) in [6, 6.07) is 3.78. The Bertz CT molecular complexity index is 508. The zero-order valence-corrected chi connectivity index (χ0v) is 13.4. The SMILES string of the molecule is CC1CC(C(=O)N(C)Cc2ccc(Cl)s2)(C(N)=S)C1. The van der Waals surface area contributed by atoms with Gasteiger partial charge in [0.05, 0.1) is 21.3 Å². The molecule has 0 unspecified atom stereocenters. The fourth-order valence-corrected chi connectivity index (χ4v) is 4.11. The van der Waals surface area contributed by atoms with E-state index >= 15 is 0 Å². The van der Waals surface area contributed by atoms with Crippen molar-refractivity contribution >= 4 is 46.1 Å². The molecule has 1 heterocycles. The lowest BCUT2D eigenvalue weighted by molar-refractivity contribution is -0.143. The van der Waals surface area contributed by atoms with Gasteiger partial charge in [0.25, 0.3) is 0 Å². The lowest BCUT2D eigenvalue weighted by Gasteiger charge is -2.45. The van der Waals surface area contributed by atoms with Gasteiger partial charge >= 0.3 is 0 Å². The first-order valence-corrected chi connectivity index (χ1v) is 7.75. The van der Waals surface area contributed by atoms with E-state index in [1.54, 1.807) is 11.9 Å². The number of thiophene rings is 1. The molecule has 3 nitrogen and oxygen atoms in total. The van der Waals surface area contributed by atoms with Gasteiger partial charge in [0.1, 0.15) is 0 Å². The van der Waals surface area contributed by atoms with Gasteiger partial charge in [0.15, 0.2) is 0 Å². The van der Waals surface area contributed by atoms with Crippen molar-refractivity contribution in [1.29, 1.82) is 0 Å². The molecule has 1 fully saturated rings. The van der Waals surface area contributed by atoms with E-state index in [0.717, 1.165) is 22.1 Å². The molecule has 19 heavy (non-hydrogen) atoms. The van der Waals surface area contributed by atoms with Crippen molar-refractivity contribution < 1.29 is 4.79 Å². The fraction of sp³-hybridized carbons (Fsp3) is 0.538. The molecule has 1 aliphatic carbocycles. The van der Waals surface area contributed by atoms with E-state index in [1.807, 2.05) is 12.1 Å². The van der Waals surface area contributed by atoms with Crippen LogP contribution >= 0.6 is 35.2 Å². The summed E-state index contributed by atoms with van der Waals surface area (Å²) in [6.07, 6.45) is 1.52. The molecule has 1 aliphatic rings. The van der Waals surface area contributed by atoms with E-state index in [1.165, 1.54) is 11.3 Å². The van der Waals surface area contributed by atoms with Crippen LogP contribution in [0.2, 0.25) is 4.34 Å². The van der Waals surface area contributed by atoms with Crippen molar-refractivity contribution in [1.82, 2.24) is 4.90 Å². The van der Waals surface area contributed by atoms with Crippen molar-refractivity contribution in [3.05, 3.63) is 21.3 Å². The van der Waals surface area contributed by atoms with E-state index in [0.29, 0.717) is 17.5 Å². The fourth-order valence-electron chi connectivity index (χ4n) is 2.72. The highest BCUT2D eigenvalue weighted by Crippen LogP contribution is 2.47. The van der Waals surface area contributed by atoms with Gasteiger partial charge in [0, 0.05) is 11.9 Å². The number of amides is 1. The average molecular weight is 317 g/mol. The van der Waals surface area contributed by atoms with Gasteiger partial charge < -0.3 is 10.6 Å². The van der Waals surface area contributed by atoms with Gasteiger partial charge in [-0.2, -0.15) is 0 Å². The highest BCUT2D eigenvalue weighted by molar-refractivity contribution is 7.80. The molecule has 0 radical (unpaired) electrons. The summed E-state index contributed by atoms with van der Waals surface area (Å²) in [5.74, 6) is 0.539. The van der Waals surface area contributed by atoms with Crippen LogP contribution in [0.4, 0.5) is 0 Å². The second kappa shape index (κ2) is 5.38. The molecule has 0 atom stereocenters. The van der Waals surface area contributed by atoms with E-state index in [9.17, 15) is 4.79 Å². The number of carbonyl (C=O) groups is 1. The third kappa shape index (κ3) is 2.78. The van der Waals surface area contributed by atoms with Crippen LogP contribution in [0.25, 0.3) is 0 Å². The molecule has 104 valence electrons. The first kappa shape index (κ1) is 14.8. The molecule has 1 aromatic rings. The summed E-state index contributed by atoms with van der Waals surface area (Å²) in [4.78, 5) is 15.7. The van der Waals surface area contributed by atoms with Gasteiger partial charge in [-0.25, -0.2) is 0 Å². The van der Waals surface area contributed by atoms with Crippen LogP contribution in [0, 0.1) is 11.3 Å². The summed E-state index contributed by atoms with van der Waals surface area (Å²) in [5, 5.41) is 0. The Hall–Kier alpha value is -0.650. The third-order valence-electron chi connectivity index (χ3n) is 3.64. The van der Waals surface area contributed by atoms with E-state index < -0.39 is 5.41 Å². The maximum Gasteiger partial charge on any atom is 0.235 e. The normalized spacial score (nSPS) is 25.7. The molecular weight excluding hydrogens is 300 g/mol. The number of thiocarbonyl (C=S) groups is 1. The van der Waals surface area contributed by atoms with Crippen molar-refractivity contribution in [2.45, 2.75) is 26.3 Å². The molecule has 2 N–H and O–H groups in total. The lowest BCUT2D eigenvalue weighted by Crippen LogP contribution is -2.56. The lowest BCUT2D eigenvalue weighted by atomic mass is 9.61. The van der Waals surface area contributed by atoms with Crippen LogP contribution < -0.4 is 5.73 Å². The number of nitrogens with two attached hydrogens (primary N) is 1. The quantitative estimate of drug-likeness (QED) is 0.868. The first-order valence-electron chi connectivity index (χ1n) is 6.15. The van der Waals surface area contributed by atoms with Gasteiger partial charge in [-0.15, -0.1) is 11.3 Å². The molecule has 0 aromatic carbocycles. The molecule has 1 amide bonds. The molecule has 0 spiro atoms. The largest absolute Gasteiger partial charge is 0.392 e.